The van der Waals surface area contributed by atoms with Crippen LogP contribution in [0.4, 0.5) is 13.2 Å². The van der Waals surface area contributed by atoms with E-state index in [0.717, 1.165) is 17.2 Å². The summed E-state index contributed by atoms with van der Waals surface area (Å²) >= 11 is 5.79. The van der Waals surface area contributed by atoms with Crippen molar-refractivity contribution in [3.63, 3.8) is 0 Å². The van der Waals surface area contributed by atoms with Gasteiger partial charge in [-0.1, -0.05) is 24.9 Å². The molecule has 1 N–H and O–H groups in total. The Labute approximate surface area is 117 Å². The van der Waals surface area contributed by atoms with Gasteiger partial charge in [0.1, 0.15) is 0 Å². The maximum atomic E-state index is 12.5. The first kappa shape index (κ1) is 14.6. The summed E-state index contributed by atoms with van der Waals surface area (Å²) in [5.74, 6) is -0.0491. The highest BCUT2D eigenvalue weighted by atomic mass is 35.5. The van der Waals surface area contributed by atoms with Crippen LogP contribution in [-0.2, 0) is 12.6 Å². The van der Waals surface area contributed by atoms with Gasteiger partial charge >= 0.3 is 6.18 Å². The van der Waals surface area contributed by atoms with Gasteiger partial charge in [0.25, 0.3) is 5.56 Å². The third-order valence-corrected chi connectivity index (χ3v) is 2.93. The maximum absolute atomic E-state index is 12.5. The van der Waals surface area contributed by atoms with Crippen molar-refractivity contribution >= 4 is 11.6 Å². The van der Waals surface area contributed by atoms with Gasteiger partial charge in [0, 0.05) is 18.0 Å². The number of rotatable bonds is 3. The molecule has 2 aromatic heterocycles. The molecule has 0 spiro atoms. The van der Waals surface area contributed by atoms with E-state index < -0.39 is 17.3 Å². The van der Waals surface area contributed by atoms with E-state index in [1.807, 2.05) is 6.92 Å². The van der Waals surface area contributed by atoms with Crippen LogP contribution in [0.2, 0.25) is 5.02 Å². The number of aryl methyl sites for hydroxylation is 1. The minimum absolute atomic E-state index is 0.0491. The van der Waals surface area contributed by atoms with E-state index in [1.54, 1.807) is 0 Å². The molecule has 20 heavy (non-hydrogen) atoms. The van der Waals surface area contributed by atoms with Gasteiger partial charge in [-0.05, 0) is 12.5 Å². The molecule has 2 aromatic rings. The number of nitrogens with one attached hydrogen (secondary N) is 1. The predicted molar refractivity (Wildman–Crippen MR) is 68.2 cm³/mol. The fourth-order valence-electron chi connectivity index (χ4n) is 1.75. The Bertz CT molecular complexity index is 675. The van der Waals surface area contributed by atoms with Gasteiger partial charge in [0.15, 0.2) is 5.82 Å². The number of nitrogens with zero attached hydrogens (tertiary/aromatic N) is 2. The van der Waals surface area contributed by atoms with E-state index >= 15 is 0 Å². The molecule has 0 fully saturated rings. The van der Waals surface area contributed by atoms with Crippen LogP contribution in [0.25, 0.3) is 5.82 Å². The van der Waals surface area contributed by atoms with E-state index in [2.05, 4.69) is 10.1 Å². The van der Waals surface area contributed by atoms with Crippen LogP contribution < -0.4 is 5.56 Å². The molecular formula is C12H11ClF3N3O. The zero-order chi connectivity index (χ0) is 14.9. The van der Waals surface area contributed by atoms with Gasteiger partial charge in [-0.2, -0.15) is 17.9 Å². The van der Waals surface area contributed by atoms with Crippen LogP contribution in [-0.4, -0.2) is 14.8 Å². The summed E-state index contributed by atoms with van der Waals surface area (Å²) in [4.78, 5) is 15.4. The van der Waals surface area contributed by atoms with Crippen molar-refractivity contribution in [2.75, 3.05) is 0 Å². The topological polar surface area (TPSA) is 50.7 Å². The number of aromatic nitrogens is 3. The van der Waals surface area contributed by atoms with Crippen molar-refractivity contribution in [1.29, 1.82) is 0 Å². The summed E-state index contributed by atoms with van der Waals surface area (Å²) in [7, 11) is 0. The van der Waals surface area contributed by atoms with Crippen LogP contribution in [0.3, 0.4) is 0 Å². The molecule has 0 saturated heterocycles. The van der Waals surface area contributed by atoms with E-state index in [1.165, 1.54) is 6.07 Å². The molecule has 2 heterocycles. The molecule has 0 aromatic carbocycles. The van der Waals surface area contributed by atoms with Gasteiger partial charge in [-0.25, -0.2) is 4.98 Å². The number of halogens is 4. The Morgan fingerprint density at radius 2 is 2.10 bits per heavy atom. The fourth-order valence-corrected chi connectivity index (χ4v) is 2.00. The largest absolute Gasteiger partial charge is 0.417 e. The van der Waals surface area contributed by atoms with Crippen molar-refractivity contribution < 1.29 is 13.2 Å². The molecule has 0 radical (unpaired) electrons. The van der Waals surface area contributed by atoms with E-state index in [9.17, 15) is 18.0 Å². The molecule has 2 rings (SSSR count). The van der Waals surface area contributed by atoms with Gasteiger partial charge in [0.05, 0.1) is 10.6 Å². The average molecular weight is 306 g/mol. The van der Waals surface area contributed by atoms with Crippen LogP contribution in [0.1, 0.15) is 24.6 Å². The van der Waals surface area contributed by atoms with E-state index in [4.69, 9.17) is 11.6 Å². The first-order chi connectivity index (χ1) is 9.32. The maximum Gasteiger partial charge on any atom is 0.417 e. The first-order valence-electron chi connectivity index (χ1n) is 5.87. The highest BCUT2D eigenvalue weighted by molar-refractivity contribution is 6.32. The van der Waals surface area contributed by atoms with Gasteiger partial charge in [-0.15, -0.1) is 0 Å². The normalized spacial score (nSPS) is 11.8. The Morgan fingerprint density at radius 3 is 2.65 bits per heavy atom. The number of alkyl halides is 3. The van der Waals surface area contributed by atoms with E-state index in [-0.39, 0.29) is 10.8 Å². The quantitative estimate of drug-likeness (QED) is 0.947. The lowest BCUT2D eigenvalue weighted by Gasteiger charge is -2.09. The number of hydrogen-bond donors (Lipinski definition) is 1. The molecule has 0 atom stereocenters. The van der Waals surface area contributed by atoms with Gasteiger partial charge in [0.2, 0.25) is 0 Å². The number of hydrogen-bond acceptors (Lipinski definition) is 2. The Hall–Kier alpha value is -1.76. The standard InChI is InChI=1S/C12H11ClF3N3O/c1-2-3-8-5-10(20)19(18-8)11-9(13)4-7(6-17-11)12(14,15)16/h4-6,18H,2-3H2,1H3. The Balaban J connectivity index is 2.46. The first-order valence-corrected chi connectivity index (χ1v) is 6.24. The second-order valence-electron chi connectivity index (χ2n) is 4.23. The number of H-pyrrole nitrogens is 1. The summed E-state index contributed by atoms with van der Waals surface area (Å²) < 4.78 is 38.6. The van der Waals surface area contributed by atoms with Crippen LogP contribution in [0.5, 0.6) is 0 Å². The zero-order valence-corrected chi connectivity index (χ0v) is 11.2. The molecule has 0 unspecified atom stereocenters. The summed E-state index contributed by atoms with van der Waals surface area (Å²) in [6.07, 6.45) is -2.40. The molecule has 0 aliphatic rings. The lowest BCUT2D eigenvalue weighted by molar-refractivity contribution is -0.137. The third kappa shape index (κ3) is 2.87. The van der Waals surface area contributed by atoms with Crippen LogP contribution in [0.15, 0.2) is 23.1 Å². The SMILES string of the molecule is CCCc1cc(=O)n(-c2ncc(C(F)(F)F)cc2Cl)[nH]1. The van der Waals surface area contributed by atoms with Crippen molar-refractivity contribution in [1.82, 2.24) is 14.8 Å². The predicted octanol–water partition coefficient (Wildman–Crippen LogP) is 3.19. The van der Waals surface area contributed by atoms with Crippen molar-refractivity contribution in [2.45, 2.75) is 25.9 Å². The third-order valence-electron chi connectivity index (χ3n) is 2.65. The van der Waals surface area contributed by atoms with E-state index in [0.29, 0.717) is 18.3 Å². The highest BCUT2D eigenvalue weighted by Gasteiger charge is 2.31. The van der Waals surface area contributed by atoms with Gasteiger partial charge in [-0.3, -0.25) is 9.89 Å². The molecule has 4 nitrogen and oxygen atoms in total. The summed E-state index contributed by atoms with van der Waals surface area (Å²) in [5, 5.41) is 2.53. The fraction of sp³-hybridized carbons (Fsp3) is 0.333. The molecule has 0 aliphatic carbocycles. The second-order valence-corrected chi connectivity index (χ2v) is 4.64. The molecule has 0 aliphatic heterocycles. The number of pyridine rings is 1. The molecular weight excluding hydrogens is 295 g/mol. The smallest absolute Gasteiger partial charge is 0.294 e. The molecule has 108 valence electrons. The summed E-state index contributed by atoms with van der Waals surface area (Å²) in [5.41, 5.74) is -0.697. The van der Waals surface area contributed by atoms with Crippen molar-refractivity contribution in [3.05, 3.63) is 45.0 Å². The Kier molecular flexibility index (Phi) is 3.89. The number of aromatic amines is 1. The lowest BCUT2D eigenvalue weighted by Crippen LogP contribution is -2.16. The molecule has 8 heteroatoms. The van der Waals surface area contributed by atoms with Crippen LogP contribution in [0, 0.1) is 0 Å². The highest BCUT2D eigenvalue weighted by Crippen LogP contribution is 2.31. The zero-order valence-electron chi connectivity index (χ0n) is 10.5. The summed E-state index contributed by atoms with van der Waals surface area (Å²) in [6.45, 7) is 1.94. The monoisotopic (exact) mass is 305 g/mol. The summed E-state index contributed by atoms with van der Waals surface area (Å²) in [6, 6.07) is 2.12. The van der Waals surface area contributed by atoms with Gasteiger partial charge < -0.3 is 0 Å². The molecule has 0 bridgehead atoms. The van der Waals surface area contributed by atoms with Crippen molar-refractivity contribution in [2.24, 2.45) is 0 Å². The average Bonchev–Trinajstić information content (AvgIpc) is 2.69. The molecule has 0 amide bonds. The molecule has 0 saturated carbocycles. The van der Waals surface area contributed by atoms with Crippen molar-refractivity contribution in [3.8, 4) is 5.82 Å². The Morgan fingerprint density at radius 1 is 1.40 bits per heavy atom. The minimum atomic E-state index is -4.52. The second kappa shape index (κ2) is 5.32. The minimum Gasteiger partial charge on any atom is -0.294 e. The van der Waals surface area contributed by atoms with Crippen LogP contribution >= 0.6 is 11.6 Å². The lowest BCUT2D eigenvalue weighted by atomic mass is 10.3.